The molecule has 1 aromatic heterocycles. The summed E-state index contributed by atoms with van der Waals surface area (Å²) in [5.41, 5.74) is 1.68. The molecule has 1 unspecified atom stereocenters. The third-order valence-electron chi connectivity index (χ3n) is 4.50. The largest absolute Gasteiger partial charge is 0.335 e. The number of aryl methyl sites for hydroxylation is 2. The van der Waals surface area contributed by atoms with Gasteiger partial charge in [-0.25, -0.2) is 4.39 Å². The first-order chi connectivity index (χ1) is 11.5. The second-order valence-corrected chi connectivity index (χ2v) is 6.28. The minimum absolute atomic E-state index is 0.0105. The van der Waals surface area contributed by atoms with E-state index in [1.165, 1.54) is 18.2 Å². The molecule has 2 aromatic rings. The van der Waals surface area contributed by atoms with Crippen molar-refractivity contribution in [1.82, 2.24) is 14.7 Å². The Balaban J connectivity index is 1.75. The maximum absolute atomic E-state index is 13.2. The number of hydrogen-bond donors (Lipinski definition) is 0. The molecule has 24 heavy (non-hydrogen) atoms. The van der Waals surface area contributed by atoms with E-state index in [2.05, 4.69) is 5.10 Å². The first kappa shape index (κ1) is 16.4. The van der Waals surface area contributed by atoms with Crippen molar-refractivity contribution < 1.29 is 14.0 Å². The lowest BCUT2D eigenvalue weighted by Gasteiger charge is -2.25. The van der Waals surface area contributed by atoms with Crippen LogP contribution < -0.4 is 0 Å². The Hall–Kier alpha value is -2.50. The van der Waals surface area contributed by atoms with Gasteiger partial charge >= 0.3 is 0 Å². The lowest BCUT2D eigenvalue weighted by Crippen LogP contribution is -2.37. The molecule has 1 aliphatic heterocycles. The van der Waals surface area contributed by atoms with Crippen LogP contribution in [0.1, 0.15) is 45.5 Å². The fraction of sp³-hybridized carbons (Fsp3) is 0.389. The molecule has 1 saturated heterocycles. The molecular weight excluding hydrogens is 309 g/mol. The number of benzene rings is 1. The van der Waals surface area contributed by atoms with Gasteiger partial charge in [-0.1, -0.05) is 0 Å². The molecule has 0 N–H and O–H groups in total. The highest BCUT2D eigenvalue weighted by Gasteiger charge is 2.32. The van der Waals surface area contributed by atoms with E-state index < -0.39 is 0 Å². The number of halogens is 1. The van der Waals surface area contributed by atoms with E-state index in [1.54, 1.807) is 35.9 Å². The normalized spacial score (nSPS) is 17.3. The second-order valence-electron chi connectivity index (χ2n) is 6.28. The zero-order valence-electron chi connectivity index (χ0n) is 13.8. The average Bonchev–Trinajstić information content (AvgIpc) is 3.15. The van der Waals surface area contributed by atoms with Crippen LogP contribution in [0.5, 0.6) is 0 Å². The molecular formula is C18H20FN3O2. The molecule has 0 spiro atoms. The molecule has 1 atom stereocenters. The van der Waals surface area contributed by atoms with Crippen molar-refractivity contribution in [2.24, 2.45) is 7.05 Å². The molecule has 0 radical (unpaired) electrons. The van der Waals surface area contributed by atoms with E-state index in [0.29, 0.717) is 23.2 Å². The Kier molecular flexibility index (Phi) is 4.46. The smallest absolute Gasteiger partial charge is 0.254 e. The van der Waals surface area contributed by atoms with E-state index >= 15 is 0 Å². The predicted octanol–water partition coefficient (Wildman–Crippen LogP) is 2.75. The van der Waals surface area contributed by atoms with Crippen LogP contribution in [0.4, 0.5) is 4.39 Å². The Morgan fingerprint density at radius 2 is 2.17 bits per heavy atom. The number of ketones is 1. The van der Waals surface area contributed by atoms with Crippen LogP contribution in [-0.2, 0) is 7.05 Å². The summed E-state index contributed by atoms with van der Waals surface area (Å²) in [5.74, 6) is -0.494. The summed E-state index contributed by atoms with van der Waals surface area (Å²) in [6, 6.07) is 4.06. The van der Waals surface area contributed by atoms with Gasteiger partial charge in [-0.2, -0.15) is 5.10 Å². The zero-order chi connectivity index (χ0) is 17.3. The van der Waals surface area contributed by atoms with E-state index in [9.17, 15) is 14.0 Å². The SMILES string of the molecule is Cc1cc(F)ccc1C(=O)N1CCCC1CC(=O)c1cnn(C)c1. The Bertz CT molecular complexity index is 784. The van der Waals surface area contributed by atoms with Crippen LogP contribution in [0.2, 0.25) is 0 Å². The number of carbonyl (C=O) groups excluding carboxylic acids is 2. The lowest BCUT2D eigenvalue weighted by atomic mass is 10.0. The summed E-state index contributed by atoms with van der Waals surface area (Å²) in [6.45, 7) is 2.35. The molecule has 1 aliphatic rings. The van der Waals surface area contributed by atoms with Crippen molar-refractivity contribution in [2.45, 2.75) is 32.2 Å². The monoisotopic (exact) mass is 329 g/mol. The summed E-state index contributed by atoms with van der Waals surface area (Å²) in [4.78, 5) is 26.9. The number of rotatable bonds is 4. The topological polar surface area (TPSA) is 55.2 Å². The van der Waals surface area contributed by atoms with Gasteiger partial charge in [-0.3, -0.25) is 14.3 Å². The number of carbonyl (C=O) groups is 2. The van der Waals surface area contributed by atoms with Gasteiger partial charge in [0, 0.05) is 37.8 Å². The minimum atomic E-state index is -0.353. The molecule has 1 fully saturated rings. The van der Waals surface area contributed by atoms with Gasteiger partial charge in [-0.15, -0.1) is 0 Å². The quantitative estimate of drug-likeness (QED) is 0.811. The molecule has 5 nitrogen and oxygen atoms in total. The van der Waals surface area contributed by atoms with Crippen LogP contribution >= 0.6 is 0 Å². The lowest BCUT2D eigenvalue weighted by molar-refractivity contribution is 0.0716. The van der Waals surface area contributed by atoms with Crippen molar-refractivity contribution in [1.29, 1.82) is 0 Å². The highest BCUT2D eigenvalue weighted by atomic mass is 19.1. The number of amides is 1. The summed E-state index contributed by atoms with van der Waals surface area (Å²) >= 11 is 0. The van der Waals surface area contributed by atoms with Crippen molar-refractivity contribution >= 4 is 11.7 Å². The van der Waals surface area contributed by atoms with Crippen LogP contribution in [0, 0.1) is 12.7 Å². The highest BCUT2D eigenvalue weighted by molar-refractivity contribution is 5.98. The third kappa shape index (κ3) is 3.22. The standard InChI is InChI=1S/C18H20FN3O2/c1-12-8-14(19)5-6-16(12)18(24)22-7-3-4-15(22)9-17(23)13-10-20-21(2)11-13/h5-6,8,10-11,15H,3-4,7,9H2,1-2H3. The fourth-order valence-electron chi connectivity index (χ4n) is 3.23. The molecule has 0 bridgehead atoms. The Morgan fingerprint density at radius 3 is 2.83 bits per heavy atom. The number of aromatic nitrogens is 2. The van der Waals surface area contributed by atoms with Gasteiger partial charge < -0.3 is 4.90 Å². The van der Waals surface area contributed by atoms with Gasteiger partial charge in [0.05, 0.1) is 11.8 Å². The first-order valence-electron chi connectivity index (χ1n) is 8.04. The molecule has 2 heterocycles. The highest BCUT2D eigenvalue weighted by Crippen LogP contribution is 2.25. The summed E-state index contributed by atoms with van der Waals surface area (Å²) in [6.07, 6.45) is 5.20. The molecule has 0 saturated carbocycles. The maximum Gasteiger partial charge on any atom is 0.254 e. The number of Topliss-reactive ketones (excluding diaryl/α,β-unsaturated/α-hetero) is 1. The van der Waals surface area contributed by atoms with Crippen LogP contribution in [0.25, 0.3) is 0 Å². The van der Waals surface area contributed by atoms with Crippen molar-refractivity contribution in [3.63, 3.8) is 0 Å². The van der Waals surface area contributed by atoms with Gasteiger partial charge in [0.2, 0.25) is 0 Å². The van der Waals surface area contributed by atoms with E-state index in [-0.39, 0.29) is 30.0 Å². The van der Waals surface area contributed by atoms with Gasteiger partial charge in [0.1, 0.15) is 5.82 Å². The Labute approximate surface area is 140 Å². The average molecular weight is 329 g/mol. The summed E-state index contributed by atoms with van der Waals surface area (Å²) in [5, 5.41) is 4.01. The second kappa shape index (κ2) is 6.55. The van der Waals surface area contributed by atoms with Crippen molar-refractivity contribution in [2.75, 3.05) is 6.54 Å². The van der Waals surface area contributed by atoms with E-state index in [1.807, 2.05) is 0 Å². The van der Waals surface area contributed by atoms with E-state index in [4.69, 9.17) is 0 Å². The fourth-order valence-corrected chi connectivity index (χ4v) is 3.23. The predicted molar refractivity (Wildman–Crippen MR) is 87.4 cm³/mol. The molecule has 3 rings (SSSR count). The minimum Gasteiger partial charge on any atom is -0.335 e. The summed E-state index contributed by atoms with van der Waals surface area (Å²) in [7, 11) is 1.76. The maximum atomic E-state index is 13.2. The number of likely N-dealkylation sites (tertiary alicyclic amines) is 1. The number of nitrogens with zero attached hydrogens (tertiary/aromatic N) is 3. The number of hydrogen-bond acceptors (Lipinski definition) is 3. The zero-order valence-corrected chi connectivity index (χ0v) is 13.8. The van der Waals surface area contributed by atoms with Crippen LogP contribution in [0.15, 0.2) is 30.6 Å². The molecule has 1 amide bonds. The molecule has 1 aromatic carbocycles. The van der Waals surface area contributed by atoms with E-state index in [0.717, 1.165) is 12.8 Å². The van der Waals surface area contributed by atoms with Gasteiger partial charge in [0.25, 0.3) is 5.91 Å². The Morgan fingerprint density at radius 1 is 1.38 bits per heavy atom. The third-order valence-corrected chi connectivity index (χ3v) is 4.50. The van der Waals surface area contributed by atoms with Gasteiger partial charge in [0.15, 0.2) is 5.78 Å². The molecule has 0 aliphatic carbocycles. The van der Waals surface area contributed by atoms with Crippen LogP contribution in [-0.4, -0.2) is 39.0 Å². The first-order valence-corrected chi connectivity index (χ1v) is 8.04. The molecule has 126 valence electrons. The van der Waals surface area contributed by atoms with Crippen LogP contribution in [0.3, 0.4) is 0 Å². The van der Waals surface area contributed by atoms with Crippen molar-refractivity contribution in [3.8, 4) is 0 Å². The van der Waals surface area contributed by atoms with Crippen molar-refractivity contribution in [3.05, 3.63) is 53.1 Å². The molecule has 6 heteroatoms. The summed E-state index contributed by atoms with van der Waals surface area (Å²) < 4.78 is 14.8. The van der Waals surface area contributed by atoms with Gasteiger partial charge in [-0.05, 0) is 43.5 Å².